The van der Waals surface area contributed by atoms with Crippen LogP contribution in [0.25, 0.3) is 0 Å². The first kappa shape index (κ1) is 19.2. The zero-order chi connectivity index (χ0) is 19.6. The van der Waals surface area contributed by atoms with Crippen LogP contribution in [-0.4, -0.2) is 24.5 Å². The van der Waals surface area contributed by atoms with Gasteiger partial charge in [0.15, 0.2) is 0 Å². The van der Waals surface area contributed by atoms with E-state index in [9.17, 15) is 10.1 Å². The summed E-state index contributed by atoms with van der Waals surface area (Å²) in [7, 11) is 0. The number of carbonyl (C=O) groups is 1. The molecule has 0 saturated heterocycles. The number of carbonyl (C=O) groups excluding carboxylic acids is 1. The third-order valence-electron chi connectivity index (χ3n) is 5.03. The van der Waals surface area contributed by atoms with Crippen LogP contribution in [-0.2, 0) is 4.79 Å². The van der Waals surface area contributed by atoms with Crippen molar-refractivity contribution in [3.8, 4) is 6.07 Å². The van der Waals surface area contributed by atoms with Gasteiger partial charge in [0.25, 0.3) is 0 Å². The lowest BCUT2D eigenvalue weighted by Gasteiger charge is -2.32. The molecule has 0 saturated carbocycles. The van der Waals surface area contributed by atoms with Crippen molar-refractivity contribution in [1.82, 2.24) is 5.32 Å². The van der Waals surface area contributed by atoms with Crippen LogP contribution in [0.2, 0.25) is 5.02 Å². The molecule has 0 radical (unpaired) electrons. The number of aryl methyl sites for hydroxylation is 1. The number of nitrogens with zero attached hydrogens (tertiary/aromatic N) is 1. The summed E-state index contributed by atoms with van der Waals surface area (Å²) in [4.78, 5) is 12.5. The number of nitriles is 1. The van der Waals surface area contributed by atoms with Crippen molar-refractivity contribution < 1.29 is 4.79 Å². The maximum Gasteiger partial charge on any atom is 0.248 e. The fraction of sp³-hybridized carbons (Fsp3) is 0.333. The Morgan fingerprint density at radius 1 is 1.30 bits per heavy atom. The Labute approximate surface area is 164 Å². The molecule has 2 aromatic rings. The van der Waals surface area contributed by atoms with E-state index in [1.807, 2.05) is 19.1 Å². The highest BCUT2D eigenvalue weighted by Crippen LogP contribution is 2.30. The number of benzene rings is 2. The fourth-order valence-electron chi connectivity index (χ4n) is 3.47. The van der Waals surface area contributed by atoms with Gasteiger partial charge in [-0.2, -0.15) is 5.26 Å². The van der Waals surface area contributed by atoms with Crippen molar-refractivity contribution in [2.45, 2.75) is 38.8 Å². The number of nitrogens with one attached hydrogen (secondary N) is 3. The normalized spacial score (nSPS) is 17.9. The molecule has 0 bridgehead atoms. The topological polar surface area (TPSA) is 76.9 Å². The molecule has 0 aromatic heterocycles. The number of rotatable bonds is 5. The minimum Gasteiger partial charge on any atom is -0.370 e. The Balaban J connectivity index is 1.68. The Hall–Kier alpha value is -2.55. The smallest absolute Gasteiger partial charge is 0.248 e. The summed E-state index contributed by atoms with van der Waals surface area (Å²) in [5.74, 6) is 0.172. The summed E-state index contributed by atoms with van der Waals surface area (Å²) in [6, 6.07) is 12.8. The molecule has 0 aliphatic carbocycles. The van der Waals surface area contributed by atoms with E-state index in [2.05, 4.69) is 41.9 Å². The molecule has 2 aromatic carbocycles. The Morgan fingerprint density at radius 3 is 2.78 bits per heavy atom. The third-order valence-corrected chi connectivity index (χ3v) is 5.27. The molecule has 0 spiro atoms. The van der Waals surface area contributed by atoms with Crippen molar-refractivity contribution in [1.29, 1.82) is 5.26 Å². The Kier molecular flexibility index (Phi) is 5.69. The van der Waals surface area contributed by atoms with E-state index in [0.717, 1.165) is 17.1 Å². The van der Waals surface area contributed by atoms with Gasteiger partial charge in [-0.3, -0.25) is 4.79 Å². The highest BCUT2D eigenvalue weighted by molar-refractivity contribution is 6.30. The first-order chi connectivity index (χ1) is 12.9. The summed E-state index contributed by atoms with van der Waals surface area (Å²) in [5.41, 5.74) is 4.24. The van der Waals surface area contributed by atoms with Crippen molar-refractivity contribution in [3.63, 3.8) is 0 Å². The maximum atomic E-state index is 12.5. The van der Waals surface area contributed by atoms with Crippen LogP contribution in [0.4, 0.5) is 11.4 Å². The molecule has 1 heterocycles. The quantitative estimate of drug-likeness (QED) is 0.729. The summed E-state index contributed by atoms with van der Waals surface area (Å²) < 4.78 is 0. The van der Waals surface area contributed by atoms with E-state index in [0.29, 0.717) is 16.9 Å². The van der Waals surface area contributed by atoms with E-state index < -0.39 is 6.04 Å². The number of halogens is 1. The van der Waals surface area contributed by atoms with Gasteiger partial charge in [-0.1, -0.05) is 30.7 Å². The third kappa shape index (κ3) is 4.08. The van der Waals surface area contributed by atoms with Crippen LogP contribution in [0.1, 0.15) is 36.5 Å². The summed E-state index contributed by atoms with van der Waals surface area (Å²) >= 11 is 6.04. The Morgan fingerprint density at radius 2 is 2.07 bits per heavy atom. The number of fused-ring (bicyclic) bond motifs is 1. The number of anilines is 2. The number of hydrogen-bond acceptors (Lipinski definition) is 4. The van der Waals surface area contributed by atoms with Gasteiger partial charge in [-0.25, -0.2) is 0 Å². The van der Waals surface area contributed by atoms with Crippen LogP contribution in [0.3, 0.4) is 0 Å². The molecular formula is C21H23ClN4O. The molecule has 3 atom stereocenters. The molecule has 0 unspecified atom stereocenters. The first-order valence-corrected chi connectivity index (χ1v) is 9.38. The van der Waals surface area contributed by atoms with E-state index >= 15 is 0 Å². The van der Waals surface area contributed by atoms with Crippen LogP contribution in [0, 0.1) is 18.3 Å². The highest BCUT2D eigenvalue weighted by Gasteiger charge is 2.31. The van der Waals surface area contributed by atoms with Crippen molar-refractivity contribution in [2.75, 3.05) is 17.2 Å². The summed E-state index contributed by atoms with van der Waals surface area (Å²) in [5, 5.41) is 19.6. The van der Waals surface area contributed by atoms with Crippen LogP contribution in [0.15, 0.2) is 36.4 Å². The van der Waals surface area contributed by atoms with Gasteiger partial charge in [-0.05, 0) is 55.2 Å². The SMILES string of the molecule is Cc1cc(Cl)ccc1[C@@H](C)CN[C@H](C)[C@@H]1Nc2c(C#N)cccc2NC1=O. The van der Waals surface area contributed by atoms with Crippen LogP contribution >= 0.6 is 11.6 Å². The first-order valence-electron chi connectivity index (χ1n) is 9.00. The minimum absolute atomic E-state index is 0.104. The van der Waals surface area contributed by atoms with Gasteiger partial charge in [0.2, 0.25) is 5.91 Å². The average Bonchev–Trinajstić information content (AvgIpc) is 2.64. The lowest BCUT2D eigenvalue weighted by atomic mass is 9.95. The van der Waals surface area contributed by atoms with Crippen molar-refractivity contribution in [2.24, 2.45) is 0 Å². The number of hydrogen-bond donors (Lipinski definition) is 3. The predicted molar refractivity (Wildman–Crippen MR) is 109 cm³/mol. The van der Waals surface area contributed by atoms with Crippen molar-refractivity contribution in [3.05, 3.63) is 58.1 Å². The molecule has 1 aliphatic rings. The molecular weight excluding hydrogens is 360 g/mol. The molecule has 3 rings (SSSR count). The fourth-order valence-corrected chi connectivity index (χ4v) is 3.70. The van der Waals surface area contributed by atoms with Gasteiger partial charge >= 0.3 is 0 Å². The van der Waals surface area contributed by atoms with E-state index in [1.165, 1.54) is 5.56 Å². The predicted octanol–water partition coefficient (Wildman–Crippen LogP) is 4.03. The van der Waals surface area contributed by atoms with E-state index in [-0.39, 0.29) is 17.9 Å². The molecule has 6 heteroatoms. The second-order valence-electron chi connectivity index (χ2n) is 7.05. The van der Waals surface area contributed by atoms with Gasteiger partial charge in [0, 0.05) is 17.6 Å². The molecule has 5 nitrogen and oxygen atoms in total. The zero-order valence-electron chi connectivity index (χ0n) is 15.6. The second-order valence-corrected chi connectivity index (χ2v) is 7.49. The molecule has 1 aliphatic heterocycles. The molecule has 140 valence electrons. The summed E-state index contributed by atoms with van der Waals surface area (Å²) in [6.07, 6.45) is 0. The highest BCUT2D eigenvalue weighted by atomic mass is 35.5. The van der Waals surface area contributed by atoms with Gasteiger partial charge < -0.3 is 16.0 Å². The largest absolute Gasteiger partial charge is 0.370 e. The average molecular weight is 383 g/mol. The number of amides is 1. The monoisotopic (exact) mass is 382 g/mol. The maximum absolute atomic E-state index is 12.5. The Bertz CT molecular complexity index is 906. The van der Waals surface area contributed by atoms with Gasteiger partial charge in [0.1, 0.15) is 12.1 Å². The molecule has 1 amide bonds. The van der Waals surface area contributed by atoms with Crippen LogP contribution in [0.5, 0.6) is 0 Å². The minimum atomic E-state index is -0.453. The molecule has 0 fully saturated rings. The molecule has 3 N–H and O–H groups in total. The van der Waals surface area contributed by atoms with E-state index in [1.54, 1.807) is 18.2 Å². The number of para-hydroxylation sites is 1. The second kappa shape index (κ2) is 7.99. The zero-order valence-corrected chi connectivity index (χ0v) is 16.4. The van der Waals surface area contributed by atoms with Gasteiger partial charge in [-0.15, -0.1) is 0 Å². The standard InChI is InChI=1S/C21H23ClN4O/c1-12-9-16(22)7-8-17(12)13(2)11-24-14(3)19-21(27)25-18-6-4-5-15(10-23)20(18)26-19/h4-9,13-14,19,24,26H,11H2,1-3H3,(H,25,27)/t13-,14+,19-/m0/s1. The molecule has 27 heavy (non-hydrogen) atoms. The lowest BCUT2D eigenvalue weighted by Crippen LogP contribution is -2.52. The van der Waals surface area contributed by atoms with Crippen molar-refractivity contribution >= 4 is 28.9 Å². The van der Waals surface area contributed by atoms with Gasteiger partial charge in [0.05, 0.1) is 16.9 Å². The van der Waals surface area contributed by atoms with Crippen LogP contribution < -0.4 is 16.0 Å². The van der Waals surface area contributed by atoms with E-state index in [4.69, 9.17) is 11.6 Å². The lowest BCUT2D eigenvalue weighted by molar-refractivity contribution is -0.117. The summed E-state index contributed by atoms with van der Waals surface area (Å²) in [6.45, 7) is 6.89.